The van der Waals surface area contributed by atoms with Crippen molar-refractivity contribution >= 4 is 11.8 Å². The molecule has 2 amide bonds. The van der Waals surface area contributed by atoms with E-state index in [0.717, 1.165) is 5.56 Å². The zero-order chi connectivity index (χ0) is 21.3. The molecule has 2 aromatic rings. The van der Waals surface area contributed by atoms with Crippen LogP contribution in [0.2, 0.25) is 0 Å². The van der Waals surface area contributed by atoms with Crippen LogP contribution < -0.4 is 14.2 Å². The minimum Gasteiger partial charge on any atom is -0.497 e. The van der Waals surface area contributed by atoms with E-state index < -0.39 is 0 Å². The first-order chi connectivity index (χ1) is 14.5. The summed E-state index contributed by atoms with van der Waals surface area (Å²) in [4.78, 5) is 29.6. The highest BCUT2D eigenvalue weighted by Crippen LogP contribution is 2.42. The Hall–Kier alpha value is -3.22. The van der Waals surface area contributed by atoms with Gasteiger partial charge >= 0.3 is 0 Å². The second-order valence-corrected chi connectivity index (χ2v) is 7.67. The molecule has 2 aliphatic heterocycles. The summed E-state index contributed by atoms with van der Waals surface area (Å²) in [5.41, 5.74) is 1.47. The average Bonchev–Trinajstić information content (AvgIpc) is 2.78. The molecular weight excluding hydrogens is 384 g/mol. The highest BCUT2D eigenvalue weighted by atomic mass is 16.5. The summed E-state index contributed by atoms with van der Waals surface area (Å²) in [6.07, 6.45) is 0.280. The van der Waals surface area contributed by atoms with Crippen molar-refractivity contribution in [3.05, 3.63) is 53.6 Å². The molecule has 0 spiro atoms. The molecule has 30 heavy (non-hydrogen) atoms. The van der Waals surface area contributed by atoms with Crippen molar-refractivity contribution in [3.8, 4) is 17.2 Å². The van der Waals surface area contributed by atoms with Crippen molar-refractivity contribution in [2.24, 2.45) is 5.92 Å². The van der Waals surface area contributed by atoms with Crippen LogP contribution in [-0.2, 0) is 4.79 Å². The Kier molecular flexibility index (Phi) is 5.53. The lowest BCUT2D eigenvalue weighted by Crippen LogP contribution is -2.50. The highest BCUT2D eigenvalue weighted by molar-refractivity contribution is 5.95. The minimum absolute atomic E-state index is 0.0254. The van der Waals surface area contributed by atoms with Gasteiger partial charge in [0.25, 0.3) is 5.91 Å². The Morgan fingerprint density at radius 3 is 2.63 bits per heavy atom. The van der Waals surface area contributed by atoms with Crippen molar-refractivity contribution in [1.82, 2.24) is 9.80 Å². The molecule has 7 heteroatoms. The van der Waals surface area contributed by atoms with Crippen LogP contribution in [0.3, 0.4) is 0 Å². The number of amides is 2. The normalized spacial score (nSPS) is 21.0. The number of methoxy groups -OCH3 is 2. The second-order valence-electron chi connectivity index (χ2n) is 7.67. The van der Waals surface area contributed by atoms with Crippen LogP contribution in [0.1, 0.15) is 28.4 Å². The lowest BCUT2D eigenvalue weighted by molar-refractivity contribution is -0.132. The molecule has 2 atom stereocenters. The molecule has 1 fully saturated rings. The molecule has 0 radical (unpaired) electrons. The SMILES string of the molecule is COc1cccc(C(=O)N2CCC(=O)N(C)C[C@H]3COc4cc(OC)ccc4[C@H]32)c1. The Bertz CT molecular complexity index is 960. The van der Waals surface area contributed by atoms with E-state index >= 15 is 0 Å². The largest absolute Gasteiger partial charge is 0.497 e. The maximum absolute atomic E-state index is 13.6. The monoisotopic (exact) mass is 410 g/mol. The first kappa shape index (κ1) is 20.1. The Labute approximate surface area is 176 Å². The van der Waals surface area contributed by atoms with Gasteiger partial charge in [-0.1, -0.05) is 6.07 Å². The summed E-state index contributed by atoms with van der Waals surface area (Å²) in [6.45, 7) is 1.28. The van der Waals surface area contributed by atoms with Gasteiger partial charge in [0.1, 0.15) is 17.2 Å². The third-order valence-electron chi connectivity index (χ3n) is 5.85. The molecular formula is C23H26N2O5. The first-order valence-corrected chi connectivity index (χ1v) is 10.0. The van der Waals surface area contributed by atoms with Gasteiger partial charge in [0.05, 0.1) is 26.9 Å². The van der Waals surface area contributed by atoms with Crippen LogP contribution >= 0.6 is 0 Å². The molecule has 2 aliphatic rings. The lowest BCUT2D eigenvalue weighted by Gasteiger charge is -2.44. The number of carbonyl (C=O) groups is 2. The number of hydrogen-bond acceptors (Lipinski definition) is 5. The molecule has 0 aromatic heterocycles. The van der Waals surface area contributed by atoms with Crippen LogP contribution in [0.5, 0.6) is 17.2 Å². The summed E-state index contributed by atoms with van der Waals surface area (Å²) in [6, 6.07) is 12.6. The number of ether oxygens (including phenoxy) is 3. The highest BCUT2D eigenvalue weighted by Gasteiger charge is 2.40. The number of fused-ring (bicyclic) bond motifs is 3. The van der Waals surface area contributed by atoms with Crippen molar-refractivity contribution in [3.63, 3.8) is 0 Å². The smallest absolute Gasteiger partial charge is 0.254 e. The van der Waals surface area contributed by atoms with Crippen LogP contribution in [0.25, 0.3) is 0 Å². The fourth-order valence-electron chi connectivity index (χ4n) is 4.28. The van der Waals surface area contributed by atoms with Gasteiger partial charge in [-0.15, -0.1) is 0 Å². The molecule has 0 unspecified atom stereocenters. The number of benzene rings is 2. The molecule has 2 aromatic carbocycles. The minimum atomic E-state index is -0.200. The quantitative estimate of drug-likeness (QED) is 0.778. The summed E-state index contributed by atoms with van der Waals surface area (Å²) in [5, 5.41) is 0. The number of nitrogens with zero attached hydrogens (tertiary/aromatic N) is 2. The van der Waals surface area contributed by atoms with Gasteiger partial charge in [0.15, 0.2) is 0 Å². The maximum atomic E-state index is 13.6. The number of rotatable bonds is 3. The molecule has 0 N–H and O–H groups in total. The number of hydrogen-bond donors (Lipinski definition) is 0. The van der Waals surface area contributed by atoms with Crippen molar-refractivity contribution in [2.75, 3.05) is 41.0 Å². The zero-order valence-corrected chi connectivity index (χ0v) is 17.5. The van der Waals surface area contributed by atoms with E-state index in [0.29, 0.717) is 42.5 Å². The molecule has 0 aliphatic carbocycles. The van der Waals surface area contributed by atoms with Gasteiger partial charge < -0.3 is 24.0 Å². The van der Waals surface area contributed by atoms with Crippen LogP contribution in [0.15, 0.2) is 42.5 Å². The summed E-state index contributed by atoms with van der Waals surface area (Å²) >= 11 is 0. The lowest BCUT2D eigenvalue weighted by atomic mass is 9.87. The second kappa shape index (κ2) is 8.26. The zero-order valence-electron chi connectivity index (χ0n) is 17.5. The third kappa shape index (κ3) is 3.67. The van der Waals surface area contributed by atoms with Crippen molar-refractivity contribution < 1.29 is 23.8 Å². The molecule has 158 valence electrons. The third-order valence-corrected chi connectivity index (χ3v) is 5.85. The topological polar surface area (TPSA) is 68.3 Å². The maximum Gasteiger partial charge on any atom is 0.254 e. The summed E-state index contributed by atoms with van der Waals surface area (Å²) in [7, 11) is 5.00. The van der Waals surface area contributed by atoms with Crippen molar-refractivity contribution in [1.29, 1.82) is 0 Å². The fourth-order valence-corrected chi connectivity index (χ4v) is 4.28. The van der Waals surface area contributed by atoms with Gasteiger partial charge in [0, 0.05) is 49.7 Å². The summed E-state index contributed by atoms with van der Waals surface area (Å²) < 4.78 is 16.6. The fraction of sp³-hybridized carbons (Fsp3) is 0.391. The Morgan fingerprint density at radius 2 is 1.87 bits per heavy atom. The van der Waals surface area contributed by atoms with Crippen LogP contribution in [-0.4, -0.2) is 62.6 Å². The molecule has 0 saturated carbocycles. The first-order valence-electron chi connectivity index (χ1n) is 10.0. The molecule has 0 bridgehead atoms. The Morgan fingerprint density at radius 1 is 1.10 bits per heavy atom. The van der Waals surface area contributed by atoms with Gasteiger partial charge in [-0.05, 0) is 30.3 Å². The van der Waals surface area contributed by atoms with Crippen LogP contribution in [0, 0.1) is 5.92 Å². The van der Waals surface area contributed by atoms with E-state index in [1.807, 2.05) is 36.2 Å². The van der Waals surface area contributed by atoms with Gasteiger partial charge in [-0.2, -0.15) is 0 Å². The number of carbonyl (C=O) groups excluding carboxylic acids is 2. The van der Waals surface area contributed by atoms with E-state index in [1.54, 1.807) is 37.3 Å². The van der Waals surface area contributed by atoms with Gasteiger partial charge in [-0.3, -0.25) is 9.59 Å². The average molecular weight is 410 g/mol. The molecule has 4 rings (SSSR count). The standard InChI is InChI=1S/C23H26N2O5/c1-24-13-16-14-30-20-12-18(29-3)7-8-19(20)22(16)25(10-9-21(24)26)23(27)15-5-4-6-17(11-15)28-2/h4-8,11-12,16,22H,9-10,13-14H2,1-3H3/t16-,22-/m0/s1. The summed E-state index contributed by atoms with van der Waals surface area (Å²) in [5.74, 6) is 1.92. The van der Waals surface area contributed by atoms with Crippen LogP contribution in [0.4, 0.5) is 0 Å². The predicted octanol–water partition coefficient (Wildman–Crippen LogP) is 2.76. The molecule has 7 nitrogen and oxygen atoms in total. The van der Waals surface area contributed by atoms with E-state index in [-0.39, 0.29) is 30.2 Å². The van der Waals surface area contributed by atoms with E-state index in [1.165, 1.54) is 0 Å². The van der Waals surface area contributed by atoms with E-state index in [4.69, 9.17) is 14.2 Å². The molecule has 2 heterocycles. The Balaban J connectivity index is 1.77. The predicted molar refractivity (Wildman–Crippen MR) is 111 cm³/mol. The molecule has 1 saturated heterocycles. The van der Waals surface area contributed by atoms with Gasteiger partial charge in [-0.25, -0.2) is 0 Å². The van der Waals surface area contributed by atoms with Crippen molar-refractivity contribution in [2.45, 2.75) is 12.5 Å². The van der Waals surface area contributed by atoms with E-state index in [2.05, 4.69) is 0 Å². The van der Waals surface area contributed by atoms with Gasteiger partial charge in [0.2, 0.25) is 5.91 Å². The van der Waals surface area contributed by atoms with E-state index in [9.17, 15) is 9.59 Å².